The number of hydrogen-bond acceptors (Lipinski definition) is 1. The van der Waals surface area contributed by atoms with Gasteiger partial charge in [-0.25, -0.2) is 0 Å². The van der Waals surface area contributed by atoms with Crippen molar-refractivity contribution in [1.82, 2.24) is 10.6 Å². The monoisotopic (exact) mass is 395 g/mol. The first-order valence-electron chi connectivity index (χ1n) is 6.45. The van der Waals surface area contributed by atoms with Gasteiger partial charge in [0.1, 0.15) is 0 Å². The van der Waals surface area contributed by atoms with E-state index in [1.807, 2.05) is 18.2 Å². The maximum absolute atomic E-state index is 6.10. The molecule has 3 nitrogen and oxygen atoms in total. The highest BCUT2D eigenvalue weighted by Crippen LogP contribution is 2.14. The summed E-state index contributed by atoms with van der Waals surface area (Å²) in [5, 5.41) is 7.39. The van der Waals surface area contributed by atoms with E-state index in [9.17, 15) is 0 Å². The van der Waals surface area contributed by atoms with Crippen LogP contribution in [0.15, 0.2) is 29.3 Å². The molecule has 1 aromatic carbocycles. The van der Waals surface area contributed by atoms with Crippen molar-refractivity contribution in [2.75, 3.05) is 20.1 Å². The molecule has 0 heterocycles. The SMILES string of the molecule is CCCCNC(=NC)NCCc1ccccc1Cl.I. The Balaban J connectivity index is 0.00000324. The molecule has 0 aliphatic rings. The third kappa shape index (κ3) is 7.62. The van der Waals surface area contributed by atoms with Crippen LogP contribution >= 0.6 is 35.6 Å². The smallest absolute Gasteiger partial charge is 0.190 e. The minimum Gasteiger partial charge on any atom is -0.356 e. The lowest BCUT2D eigenvalue weighted by Gasteiger charge is -2.11. The van der Waals surface area contributed by atoms with Crippen molar-refractivity contribution in [1.29, 1.82) is 0 Å². The van der Waals surface area contributed by atoms with E-state index in [0.29, 0.717) is 0 Å². The zero-order chi connectivity index (χ0) is 13.2. The molecule has 19 heavy (non-hydrogen) atoms. The van der Waals surface area contributed by atoms with E-state index in [1.165, 1.54) is 6.42 Å². The molecule has 1 aromatic rings. The predicted molar refractivity (Wildman–Crippen MR) is 94.8 cm³/mol. The van der Waals surface area contributed by atoms with Gasteiger partial charge in [-0.3, -0.25) is 4.99 Å². The highest BCUT2D eigenvalue weighted by atomic mass is 127. The molecule has 2 N–H and O–H groups in total. The lowest BCUT2D eigenvalue weighted by atomic mass is 10.1. The van der Waals surface area contributed by atoms with Crippen LogP contribution in [0, 0.1) is 0 Å². The van der Waals surface area contributed by atoms with Gasteiger partial charge in [0.15, 0.2) is 5.96 Å². The van der Waals surface area contributed by atoms with Crippen LogP contribution in [0.1, 0.15) is 25.3 Å². The standard InChI is InChI=1S/C14H22ClN3.HI/c1-3-4-10-17-14(16-2)18-11-9-12-7-5-6-8-13(12)15;/h5-8H,3-4,9-11H2,1-2H3,(H2,16,17,18);1H. The maximum Gasteiger partial charge on any atom is 0.190 e. The van der Waals surface area contributed by atoms with E-state index in [0.717, 1.165) is 42.5 Å². The molecular formula is C14H23ClIN3. The first-order valence-corrected chi connectivity index (χ1v) is 6.83. The summed E-state index contributed by atoms with van der Waals surface area (Å²) in [5.41, 5.74) is 1.16. The molecule has 0 aliphatic carbocycles. The van der Waals surface area contributed by atoms with E-state index >= 15 is 0 Å². The molecule has 1 rings (SSSR count). The van der Waals surface area contributed by atoms with Crippen LogP contribution < -0.4 is 10.6 Å². The minimum absolute atomic E-state index is 0. The summed E-state index contributed by atoms with van der Waals surface area (Å²) in [6, 6.07) is 7.93. The van der Waals surface area contributed by atoms with Crippen LogP contribution in [0.2, 0.25) is 5.02 Å². The fourth-order valence-corrected chi connectivity index (χ4v) is 1.85. The first kappa shape index (κ1) is 18.5. The largest absolute Gasteiger partial charge is 0.356 e. The number of guanidine groups is 1. The lowest BCUT2D eigenvalue weighted by molar-refractivity contribution is 0.727. The third-order valence-corrected chi connectivity index (χ3v) is 3.06. The predicted octanol–water partition coefficient (Wildman–Crippen LogP) is 3.47. The normalized spacial score (nSPS) is 10.8. The van der Waals surface area contributed by atoms with Crippen LogP contribution in [0.3, 0.4) is 0 Å². The Hall–Kier alpha value is -0.490. The molecule has 0 aliphatic heterocycles. The molecule has 0 saturated carbocycles. The second-order valence-electron chi connectivity index (χ2n) is 4.12. The Kier molecular flexibility index (Phi) is 11.1. The van der Waals surface area contributed by atoms with Crippen LogP contribution in [0.4, 0.5) is 0 Å². The van der Waals surface area contributed by atoms with Crippen molar-refractivity contribution in [3.05, 3.63) is 34.9 Å². The number of benzene rings is 1. The Morgan fingerprint density at radius 3 is 2.53 bits per heavy atom. The van der Waals surface area contributed by atoms with Crippen LogP contribution in [-0.2, 0) is 6.42 Å². The number of nitrogens with one attached hydrogen (secondary N) is 2. The fraction of sp³-hybridized carbons (Fsp3) is 0.500. The summed E-state index contributed by atoms with van der Waals surface area (Å²) < 4.78 is 0. The molecule has 5 heteroatoms. The van der Waals surface area contributed by atoms with E-state index in [2.05, 4.69) is 28.6 Å². The van der Waals surface area contributed by atoms with Gasteiger partial charge in [0.25, 0.3) is 0 Å². The van der Waals surface area contributed by atoms with Crippen molar-refractivity contribution in [3.8, 4) is 0 Å². The second kappa shape index (κ2) is 11.3. The Morgan fingerprint density at radius 2 is 1.89 bits per heavy atom. The van der Waals surface area contributed by atoms with E-state index in [1.54, 1.807) is 7.05 Å². The minimum atomic E-state index is 0. The molecule has 0 amide bonds. The average Bonchev–Trinajstić information content (AvgIpc) is 2.39. The van der Waals surface area contributed by atoms with Crippen LogP contribution in [0.25, 0.3) is 0 Å². The Bertz CT molecular complexity index is 383. The van der Waals surface area contributed by atoms with E-state index in [4.69, 9.17) is 11.6 Å². The quantitative estimate of drug-likeness (QED) is 0.335. The highest BCUT2D eigenvalue weighted by molar-refractivity contribution is 14.0. The van der Waals surface area contributed by atoms with Gasteiger partial charge in [0.2, 0.25) is 0 Å². The molecule has 0 unspecified atom stereocenters. The Labute approximate surface area is 138 Å². The van der Waals surface area contributed by atoms with Crippen LogP contribution in [-0.4, -0.2) is 26.1 Å². The second-order valence-corrected chi connectivity index (χ2v) is 4.53. The topological polar surface area (TPSA) is 36.4 Å². The molecule has 0 radical (unpaired) electrons. The fourth-order valence-electron chi connectivity index (χ4n) is 1.62. The van der Waals surface area contributed by atoms with Gasteiger partial charge in [0, 0.05) is 25.2 Å². The number of aliphatic imine (C=N–C) groups is 1. The zero-order valence-electron chi connectivity index (χ0n) is 11.6. The molecule has 0 spiro atoms. The highest BCUT2D eigenvalue weighted by Gasteiger charge is 2.00. The molecule has 0 atom stereocenters. The average molecular weight is 396 g/mol. The summed E-state index contributed by atoms with van der Waals surface area (Å²) in [4.78, 5) is 4.17. The van der Waals surface area contributed by atoms with Crippen molar-refractivity contribution >= 4 is 41.5 Å². The summed E-state index contributed by atoms with van der Waals surface area (Å²) in [6.07, 6.45) is 3.24. The van der Waals surface area contributed by atoms with Crippen molar-refractivity contribution < 1.29 is 0 Å². The molecule has 0 fully saturated rings. The van der Waals surface area contributed by atoms with Crippen molar-refractivity contribution in [3.63, 3.8) is 0 Å². The number of rotatable bonds is 6. The van der Waals surface area contributed by atoms with Crippen LogP contribution in [0.5, 0.6) is 0 Å². The number of halogens is 2. The summed E-state index contributed by atoms with van der Waals surface area (Å²) in [5.74, 6) is 0.857. The number of hydrogen-bond donors (Lipinski definition) is 2. The van der Waals surface area contributed by atoms with E-state index in [-0.39, 0.29) is 24.0 Å². The van der Waals surface area contributed by atoms with Gasteiger partial charge in [-0.2, -0.15) is 0 Å². The zero-order valence-corrected chi connectivity index (χ0v) is 14.7. The van der Waals surface area contributed by atoms with Gasteiger partial charge < -0.3 is 10.6 Å². The summed E-state index contributed by atoms with van der Waals surface area (Å²) in [6.45, 7) is 3.97. The first-order chi connectivity index (χ1) is 8.77. The van der Waals surface area contributed by atoms with Gasteiger partial charge in [-0.15, -0.1) is 24.0 Å². The third-order valence-electron chi connectivity index (χ3n) is 2.69. The lowest BCUT2D eigenvalue weighted by Crippen LogP contribution is -2.38. The summed E-state index contributed by atoms with van der Waals surface area (Å²) in [7, 11) is 1.79. The van der Waals surface area contributed by atoms with E-state index < -0.39 is 0 Å². The maximum atomic E-state index is 6.10. The van der Waals surface area contributed by atoms with Gasteiger partial charge in [-0.05, 0) is 24.5 Å². The molecule has 0 saturated heterocycles. The van der Waals surface area contributed by atoms with Gasteiger partial charge in [-0.1, -0.05) is 43.1 Å². The van der Waals surface area contributed by atoms with Gasteiger partial charge >= 0.3 is 0 Å². The molecule has 0 aromatic heterocycles. The molecule has 108 valence electrons. The number of nitrogens with zero attached hydrogens (tertiary/aromatic N) is 1. The van der Waals surface area contributed by atoms with Crippen molar-refractivity contribution in [2.45, 2.75) is 26.2 Å². The molecule has 0 bridgehead atoms. The van der Waals surface area contributed by atoms with Crippen molar-refractivity contribution in [2.24, 2.45) is 4.99 Å². The molecular weight excluding hydrogens is 373 g/mol. The summed E-state index contributed by atoms with van der Waals surface area (Å²) >= 11 is 6.10. The van der Waals surface area contributed by atoms with Gasteiger partial charge in [0.05, 0.1) is 0 Å². The number of unbranched alkanes of at least 4 members (excludes halogenated alkanes) is 1. The Morgan fingerprint density at radius 1 is 1.21 bits per heavy atom.